The van der Waals surface area contributed by atoms with Gasteiger partial charge in [-0.3, -0.25) is 0 Å². The SMILES string of the molecule is CS(=O)(=O)NCCNC1CCC1. The highest BCUT2D eigenvalue weighted by atomic mass is 32.2. The van der Waals surface area contributed by atoms with Crippen molar-refractivity contribution in [2.75, 3.05) is 19.3 Å². The van der Waals surface area contributed by atoms with Crippen molar-refractivity contribution in [3.8, 4) is 0 Å². The third kappa shape index (κ3) is 4.04. The van der Waals surface area contributed by atoms with Crippen LogP contribution in [0, 0.1) is 0 Å². The molecule has 5 heteroatoms. The van der Waals surface area contributed by atoms with Gasteiger partial charge in [0.2, 0.25) is 10.0 Å². The lowest BCUT2D eigenvalue weighted by Gasteiger charge is -2.26. The summed E-state index contributed by atoms with van der Waals surface area (Å²) in [5.74, 6) is 0. The molecular weight excluding hydrogens is 176 g/mol. The maximum atomic E-state index is 10.6. The molecular formula is C7H16N2O2S. The lowest BCUT2D eigenvalue weighted by atomic mass is 9.93. The smallest absolute Gasteiger partial charge is 0.208 e. The predicted octanol–water partition coefficient (Wildman–Crippen LogP) is -0.322. The molecule has 4 nitrogen and oxygen atoms in total. The van der Waals surface area contributed by atoms with Crippen LogP contribution in [0.25, 0.3) is 0 Å². The van der Waals surface area contributed by atoms with Crippen molar-refractivity contribution in [3.05, 3.63) is 0 Å². The number of hydrogen-bond acceptors (Lipinski definition) is 3. The standard InChI is InChI=1S/C7H16N2O2S/c1-12(10,11)9-6-5-8-7-3-2-4-7/h7-9H,2-6H2,1H3. The van der Waals surface area contributed by atoms with Gasteiger partial charge in [-0.25, -0.2) is 13.1 Å². The third-order valence-electron chi connectivity index (χ3n) is 2.03. The molecule has 2 N–H and O–H groups in total. The van der Waals surface area contributed by atoms with E-state index in [2.05, 4.69) is 10.0 Å². The largest absolute Gasteiger partial charge is 0.313 e. The normalized spacial score (nSPS) is 19.1. The molecule has 1 aliphatic rings. The molecule has 0 unspecified atom stereocenters. The summed E-state index contributed by atoms with van der Waals surface area (Å²) in [6, 6.07) is 0.631. The first-order valence-corrected chi connectivity index (χ1v) is 6.15. The molecule has 1 saturated carbocycles. The van der Waals surface area contributed by atoms with Gasteiger partial charge in [0.15, 0.2) is 0 Å². The van der Waals surface area contributed by atoms with Gasteiger partial charge in [0, 0.05) is 19.1 Å². The summed E-state index contributed by atoms with van der Waals surface area (Å²) in [7, 11) is -3.00. The van der Waals surface area contributed by atoms with Crippen molar-refractivity contribution >= 4 is 10.0 Å². The van der Waals surface area contributed by atoms with Crippen LogP contribution in [-0.4, -0.2) is 33.8 Å². The van der Waals surface area contributed by atoms with E-state index in [4.69, 9.17) is 0 Å². The fraction of sp³-hybridized carbons (Fsp3) is 1.00. The molecule has 0 heterocycles. The Labute approximate surface area is 73.8 Å². The summed E-state index contributed by atoms with van der Waals surface area (Å²) in [4.78, 5) is 0. The predicted molar refractivity (Wildman–Crippen MR) is 48.5 cm³/mol. The third-order valence-corrected chi connectivity index (χ3v) is 2.76. The van der Waals surface area contributed by atoms with Crippen LogP contribution in [0.4, 0.5) is 0 Å². The Morgan fingerprint density at radius 1 is 1.33 bits per heavy atom. The van der Waals surface area contributed by atoms with Gasteiger partial charge >= 0.3 is 0 Å². The van der Waals surface area contributed by atoms with E-state index in [9.17, 15) is 8.42 Å². The first-order valence-electron chi connectivity index (χ1n) is 4.26. The maximum absolute atomic E-state index is 10.6. The van der Waals surface area contributed by atoms with E-state index in [1.165, 1.54) is 25.5 Å². The van der Waals surface area contributed by atoms with Crippen molar-refractivity contribution in [1.82, 2.24) is 10.0 Å². The summed E-state index contributed by atoms with van der Waals surface area (Å²) in [5, 5.41) is 3.26. The molecule has 72 valence electrons. The zero-order valence-corrected chi connectivity index (χ0v) is 8.15. The molecule has 0 spiro atoms. The van der Waals surface area contributed by atoms with Crippen LogP contribution in [0.5, 0.6) is 0 Å². The van der Waals surface area contributed by atoms with Crippen LogP contribution in [-0.2, 0) is 10.0 Å². The summed E-state index contributed by atoms with van der Waals surface area (Å²) in [5.41, 5.74) is 0. The van der Waals surface area contributed by atoms with Gasteiger partial charge < -0.3 is 5.32 Å². The van der Waals surface area contributed by atoms with Crippen molar-refractivity contribution in [1.29, 1.82) is 0 Å². The minimum absolute atomic E-state index is 0.495. The van der Waals surface area contributed by atoms with Gasteiger partial charge in [-0.05, 0) is 12.8 Å². The fourth-order valence-corrected chi connectivity index (χ4v) is 1.60. The highest BCUT2D eigenvalue weighted by Crippen LogP contribution is 2.17. The van der Waals surface area contributed by atoms with Gasteiger partial charge in [-0.2, -0.15) is 0 Å². The highest BCUT2D eigenvalue weighted by Gasteiger charge is 2.15. The molecule has 0 aromatic heterocycles. The fourth-order valence-electron chi connectivity index (χ4n) is 1.13. The van der Waals surface area contributed by atoms with E-state index < -0.39 is 10.0 Å². The van der Waals surface area contributed by atoms with Crippen LogP contribution in [0.2, 0.25) is 0 Å². The van der Waals surface area contributed by atoms with Crippen molar-refractivity contribution < 1.29 is 8.42 Å². The monoisotopic (exact) mass is 192 g/mol. The van der Waals surface area contributed by atoms with Gasteiger partial charge in [-0.15, -0.1) is 0 Å². The Bertz CT molecular complexity index is 222. The molecule has 1 rings (SSSR count). The molecule has 0 radical (unpaired) electrons. The van der Waals surface area contributed by atoms with E-state index >= 15 is 0 Å². The molecule has 0 aromatic carbocycles. The summed E-state index contributed by atoms with van der Waals surface area (Å²) < 4.78 is 23.7. The molecule has 1 fully saturated rings. The number of hydrogen-bond donors (Lipinski definition) is 2. The first kappa shape index (κ1) is 9.95. The second kappa shape index (κ2) is 4.20. The molecule has 12 heavy (non-hydrogen) atoms. The quantitative estimate of drug-likeness (QED) is 0.587. The molecule has 0 saturated heterocycles. The van der Waals surface area contributed by atoms with E-state index in [-0.39, 0.29) is 0 Å². The minimum atomic E-state index is -3.00. The zero-order valence-electron chi connectivity index (χ0n) is 7.34. The van der Waals surface area contributed by atoms with E-state index in [0.717, 1.165) is 6.54 Å². The van der Waals surface area contributed by atoms with Crippen molar-refractivity contribution in [2.45, 2.75) is 25.3 Å². The lowest BCUT2D eigenvalue weighted by Crippen LogP contribution is -2.40. The Kier molecular flexibility index (Phi) is 3.49. The lowest BCUT2D eigenvalue weighted by molar-refractivity contribution is 0.342. The minimum Gasteiger partial charge on any atom is -0.313 e. The zero-order chi connectivity index (χ0) is 9.03. The van der Waals surface area contributed by atoms with E-state index in [1.54, 1.807) is 0 Å². The second-order valence-electron chi connectivity index (χ2n) is 3.25. The number of sulfonamides is 1. The van der Waals surface area contributed by atoms with Gasteiger partial charge in [0.1, 0.15) is 0 Å². The average molecular weight is 192 g/mol. The first-order chi connectivity index (χ1) is 5.58. The highest BCUT2D eigenvalue weighted by molar-refractivity contribution is 7.88. The Hall–Kier alpha value is -0.130. The van der Waals surface area contributed by atoms with Gasteiger partial charge in [0.25, 0.3) is 0 Å². The van der Waals surface area contributed by atoms with E-state index in [1.807, 2.05) is 0 Å². The van der Waals surface area contributed by atoms with Gasteiger partial charge in [0.05, 0.1) is 6.26 Å². The maximum Gasteiger partial charge on any atom is 0.208 e. The number of rotatable bonds is 5. The van der Waals surface area contributed by atoms with Crippen LogP contribution >= 0.6 is 0 Å². The molecule has 0 bridgehead atoms. The van der Waals surface area contributed by atoms with Crippen LogP contribution in [0.15, 0.2) is 0 Å². The Balaban J connectivity index is 1.95. The van der Waals surface area contributed by atoms with E-state index in [0.29, 0.717) is 12.6 Å². The molecule has 0 aromatic rings. The summed E-state index contributed by atoms with van der Waals surface area (Å²) in [6.07, 6.45) is 4.95. The molecule has 0 aliphatic heterocycles. The summed E-state index contributed by atoms with van der Waals surface area (Å²) in [6.45, 7) is 1.23. The molecule has 0 amide bonds. The van der Waals surface area contributed by atoms with Crippen LogP contribution in [0.3, 0.4) is 0 Å². The van der Waals surface area contributed by atoms with Crippen LogP contribution in [0.1, 0.15) is 19.3 Å². The van der Waals surface area contributed by atoms with Crippen LogP contribution < -0.4 is 10.0 Å². The van der Waals surface area contributed by atoms with Crippen molar-refractivity contribution in [2.24, 2.45) is 0 Å². The topological polar surface area (TPSA) is 58.2 Å². The summed E-state index contributed by atoms with van der Waals surface area (Å²) >= 11 is 0. The second-order valence-corrected chi connectivity index (χ2v) is 5.08. The van der Waals surface area contributed by atoms with Crippen molar-refractivity contribution in [3.63, 3.8) is 0 Å². The Morgan fingerprint density at radius 3 is 2.42 bits per heavy atom. The van der Waals surface area contributed by atoms with Gasteiger partial charge in [-0.1, -0.05) is 6.42 Å². The Morgan fingerprint density at radius 2 is 2.00 bits per heavy atom. The molecule has 0 atom stereocenters. The number of nitrogens with one attached hydrogen (secondary N) is 2. The molecule has 1 aliphatic carbocycles. The average Bonchev–Trinajstić information content (AvgIpc) is 1.80.